The largest absolute Gasteiger partial charge is 0.366 e. The highest BCUT2D eigenvalue weighted by molar-refractivity contribution is 7.91. The first-order valence-electron chi connectivity index (χ1n) is 11.2. The molecule has 2 heterocycles. The number of nitrogens with zero attached hydrogens (tertiary/aromatic N) is 4. The lowest BCUT2D eigenvalue weighted by Crippen LogP contribution is -2.45. The summed E-state index contributed by atoms with van der Waals surface area (Å²) in [7, 11) is -3.94. The molecule has 14 heteroatoms. The summed E-state index contributed by atoms with van der Waals surface area (Å²) in [6.45, 7) is 1.91. The van der Waals surface area contributed by atoms with Gasteiger partial charge in [-0.05, 0) is 43.5 Å². The van der Waals surface area contributed by atoms with Crippen molar-refractivity contribution < 1.29 is 23.1 Å². The fourth-order valence-electron chi connectivity index (χ4n) is 4.50. The smallest absolute Gasteiger partial charge is 0.292 e. The molecule has 3 aromatic rings. The van der Waals surface area contributed by atoms with Crippen LogP contribution in [0.15, 0.2) is 58.1 Å². The van der Waals surface area contributed by atoms with E-state index in [2.05, 4.69) is 0 Å². The number of carbonyl (C=O) groups is 1. The van der Waals surface area contributed by atoms with Crippen LogP contribution in [-0.4, -0.2) is 47.6 Å². The predicted octanol–water partition coefficient (Wildman–Crippen LogP) is 3.96. The minimum absolute atomic E-state index is 0.102. The number of rotatable bonds is 8. The number of para-hydroxylation sites is 2. The van der Waals surface area contributed by atoms with Crippen LogP contribution in [0.1, 0.15) is 28.8 Å². The van der Waals surface area contributed by atoms with Crippen molar-refractivity contribution in [3.05, 3.63) is 85.3 Å². The minimum Gasteiger partial charge on any atom is -0.366 e. The summed E-state index contributed by atoms with van der Waals surface area (Å²) >= 11 is 0.790. The van der Waals surface area contributed by atoms with E-state index in [0.717, 1.165) is 17.4 Å². The van der Waals surface area contributed by atoms with Crippen molar-refractivity contribution in [1.82, 2.24) is 4.31 Å². The van der Waals surface area contributed by atoms with Gasteiger partial charge in [-0.25, -0.2) is 8.42 Å². The molecular weight excluding hydrogens is 522 g/mol. The Balaban J connectivity index is 1.70. The summed E-state index contributed by atoms with van der Waals surface area (Å²) in [5.74, 6) is -0.632. The number of nitro groups is 2. The lowest BCUT2D eigenvalue weighted by atomic mass is 9.98. The highest BCUT2D eigenvalue weighted by Crippen LogP contribution is 2.40. The zero-order valence-electron chi connectivity index (χ0n) is 19.6. The summed E-state index contributed by atoms with van der Waals surface area (Å²) in [5, 5.41) is 24.0. The number of thiophene rings is 1. The third-order valence-electron chi connectivity index (χ3n) is 6.32. The number of carbonyl (C=O) groups excluding carboxylic acids is 1. The number of hydrogen-bond donors (Lipinski definition) is 1. The van der Waals surface area contributed by atoms with E-state index < -0.39 is 25.8 Å². The summed E-state index contributed by atoms with van der Waals surface area (Å²) < 4.78 is 27.4. The molecule has 12 nitrogen and oxygen atoms in total. The van der Waals surface area contributed by atoms with Crippen LogP contribution in [-0.2, 0) is 10.0 Å². The second-order valence-corrected chi connectivity index (χ2v) is 11.5. The number of hydrogen-bond acceptors (Lipinski definition) is 9. The van der Waals surface area contributed by atoms with Crippen molar-refractivity contribution in [2.75, 3.05) is 18.0 Å². The molecule has 2 aromatic carbocycles. The van der Waals surface area contributed by atoms with Crippen molar-refractivity contribution >= 4 is 50.0 Å². The van der Waals surface area contributed by atoms with E-state index in [1.54, 1.807) is 48.2 Å². The van der Waals surface area contributed by atoms with Gasteiger partial charge in [0.2, 0.25) is 5.91 Å². The van der Waals surface area contributed by atoms with Crippen molar-refractivity contribution in [2.24, 2.45) is 5.73 Å². The molecular formula is C23H23N5O7S2. The Morgan fingerprint density at radius 2 is 1.70 bits per heavy atom. The highest BCUT2D eigenvalue weighted by atomic mass is 32.2. The second kappa shape index (κ2) is 10.2. The predicted molar refractivity (Wildman–Crippen MR) is 138 cm³/mol. The van der Waals surface area contributed by atoms with Gasteiger partial charge in [0.25, 0.3) is 21.4 Å². The Labute approximate surface area is 216 Å². The number of anilines is 2. The molecule has 0 aliphatic carbocycles. The van der Waals surface area contributed by atoms with Crippen molar-refractivity contribution in [2.45, 2.75) is 30.0 Å². The summed E-state index contributed by atoms with van der Waals surface area (Å²) in [5.41, 5.74) is 6.82. The molecule has 0 unspecified atom stereocenters. The molecule has 194 valence electrons. The van der Waals surface area contributed by atoms with E-state index in [-0.39, 0.29) is 40.3 Å². The lowest BCUT2D eigenvalue weighted by molar-refractivity contribution is -0.384. The third-order valence-corrected chi connectivity index (χ3v) is 9.62. The third kappa shape index (κ3) is 5.03. The maximum atomic E-state index is 13.1. The van der Waals surface area contributed by atoms with Gasteiger partial charge in [0.1, 0.15) is 9.90 Å². The molecule has 0 radical (unpaired) electrons. The monoisotopic (exact) mass is 545 g/mol. The summed E-state index contributed by atoms with van der Waals surface area (Å²) in [6.07, 6.45) is 0.637. The van der Waals surface area contributed by atoms with Gasteiger partial charge < -0.3 is 10.6 Å². The van der Waals surface area contributed by atoms with Crippen molar-refractivity contribution in [3.63, 3.8) is 0 Å². The van der Waals surface area contributed by atoms with Crippen LogP contribution in [0.4, 0.5) is 22.7 Å². The SMILES string of the molecule is Cc1c(C(N)=O)cccc1N(c1ccccc1[N+](=O)[O-])C1CCN(S(=O)(=O)c2cc([N+](=O)[O-])cs2)CC1. The number of benzene rings is 2. The number of nitro benzene ring substituents is 1. The fourth-order valence-corrected chi connectivity index (χ4v) is 7.25. The maximum Gasteiger partial charge on any atom is 0.292 e. The van der Waals surface area contributed by atoms with Crippen LogP contribution >= 0.6 is 11.3 Å². The van der Waals surface area contributed by atoms with Gasteiger partial charge in [-0.15, -0.1) is 11.3 Å². The van der Waals surface area contributed by atoms with Gasteiger partial charge in [0, 0.05) is 42.5 Å². The van der Waals surface area contributed by atoms with Crippen LogP contribution in [0.3, 0.4) is 0 Å². The van der Waals surface area contributed by atoms with Crippen LogP contribution in [0.2, 0.25) is 0 Å². The standard InChI is InChI=1S/C23H23N5O7S2/c1-15-18(23(24)29)5-4-8-19(15)26(20-6-2-3-7-21(20)28(32)33)16-9-11-25(12-10-16)37(34,35)22-13-17(14-36-22)27(30)31/h2-8,13-14,16H,9-12H2,1H3,(H2,24,29). The van der Waals surface area contributed by atoms with E-state index in [4.69, 9.17) is 5.73 Å². The fraction of sp³-hybridized carbons (Fsp3) is 0.261. The Hall–Kier alpha value is -3.88. The molecule has 0 spiro atoms. The molecule has 1 aliphatic rings. The maximum absolute atomic E-state index is 13.1. The second-order valence-electron chi connectivity index (χ2n) is 8.45. The number of primary amides is 1. The average molecular weight is 546 g/mol. The van der Waals surface area contributed by atoms with Gasteiger partial charge in [-0.3, -0.25) is 25.0 Å². The summed E-state index contributed by atoms with van der Waals surface area (Å²) in [6, 6.07) is 11.9. The van der Waals surface area contributed by atoms with Gasteiger partial charge in [0.15, 0.2) is 0 Å². The molecule has 0 saturated carbocycles. The average Bonchev–Trinajstić information content (AvgIpc) is 3.37. The number of nitrogens with two attached hydrogens (primary N) is 1. The first kappa shape index (κ1) is 26.2. The molecule has 1 fully saturated rings. The normalized spacial score (nSPS) is 14.8. The van der Waals surface area contributed by atoms with Gasteiger partial charge >= 0.3 is 0 Å². The van der Waals surface area contributed by atoms with Crippen LogP contribution in [0, 0.1) is 27.2 Å². The Bertz CT molecular complexity index is 1480. The molecule has 1 aromatic heterocycles. The van der Waals surface area contributed by atoms with E-state index >= 15 is 0 Å². The zero-order valence-corrected chi connectivity index (χ0v) is 21.3. The molecule has 0 atom stereocenters. The molecule has 2 N–H and O–H groups in total. The molecule has 0 bridgehead atoms. The molecule has 37 heavy (non-hydrogen) atoms. The van der Waals surface area contributed by atoms with E-state index in [1.165, 1.54) is 15.8 Å². The van der Waals surface area contributed by atoms with Gasteiger partial charge in [0.05, 0.1) is 15.2 Å². The Morgan fingerprint density at radius 3 is 2.30 bits per heavy atom. The van der Waals surface area contributed by atoms with Crippen LogP contribution in [0.5, 0.6) is 0 Å². The van der Waals surface area contributed by atoms with Crippen molar-refractivity contribution in [3.8, 4) is 0 Å². The first-order valence-corrected chi connectivity index (χ1v) is 13.5. The number of amides is 1. The topological polar surface area (TPSA) is 170 Å². The van der Waals surface area contributed by atoms with E-state index in [1.807, 2.05) is 0 Å². The number of piperidine rings is 1. The molecule has 1 aliphatic heterocycles. The molecule has 1 saturated heterocycles. The van der Waals surface area contributed by atoms with Crippen molar-refractivity contribution in [1.29, 1.82) is 0 Å². The Morgan fingerprint density at radius 1 is 1.05 bits per heavy atom. The van der Waals surface area contributed by atoms with E-state index in [9.17, 15) is 33.4 Å². The van der Waals surface area contributed by atoms with Gasteiger partial charge in [-0.2, -0.15) is 4.31 Å². The summed E-state index contributed by atoms with van der Waals surface area (Å²) in [4.78, 5) is 35.5. The van der Waals surface area contributed by atoms with Crippen LogP contribution < -0.4 is 10.6 Å². The van der Waals surface area contributed by atoms with Crippen LogP contribution in [0.25, 0.3) is 0 Å². The molecule has 4 rings (SSSR count). The lowest BCUT2D eigenvalue weighted by Gasteiger charge is -2.39. The Kier molecular flexibility index (Phi) is 7.25. The molecule has 1 amide bonds. The minimum atomic E-state index is -3.94. The highest BCUT2D eigenvalue weighted by Gasteiger charge is 2.36. The van der Waals surface area contributed by atoms with E-state index in [0.29, 0.717) is 29.8 Å². The van der Waals surface area contributed by atoms with Gasteiger partial charge in [-0.1, -0.05) is 18.2 Å². The zero-order chi connectivity index (χ0) is 26.9. The number of sulfonamides is 1. The quantitative estimate of drug-likeness (QED) is 0.327. The first-order chi connectivity index (χ1) is 17.5.